The molecule has 5 nitrogen and oxygen atoms in total. The van der Waals surface area contributed by atoms with E-state index in [9.17, 15) is 4.79 Å². The second kappa shape index (κ2) is 3.80. The molecular weight excluding hydrogens is 276 g/mol. The van der Waals surface area contributed by atoms with Crippen LogP contribution in [-0.2, 0) is 7.05 Å². The summed E-state index contributed by atoms with van der Waals surface area (Å²) in [6.45, 7) is 0. The maximum atomic E-state index is 12.5. The van der Waals surface area contributed by atoms with Crippen molar-refractivity contribution in [1.29, 1.82) is 0 Å². The molecule has 0 bridgehead atoms. The maximum absolute atomic E-state index is 12.5. The Kier molecular flexibility index (Phi) is 2.17. The van der Waals surface area contributed by atoms with Crippen molar-refractivity contribution in [2.45, 2.75) is 0 Å². The van der Waals surface area contributed by atoms with Crippen LogP contribution in [-0.4, -0.2) is 18.9 Å². The van der Waals surface area contributed by atoms with Crippen LogP contribution in [0, 0.1) is 0 Å². The zero-order valence-corrected chi connectivity index (χ0v) is 11.3. The van der Waals surface area contributed by atoms with Gasteiger partial charge in [0, 0.05) is 12.4 Å². The molecule has 0 aliphatic heterocycles. The summed E-state index contributed by atoms with van der Waals surface area (Å²) in [5.74, 6) is 0. The van der Waals surface area contributed by atoms with Crippen LogP contribution in [0.4, 0.5) is 0 Å². The van der Waals surface area contributed by atoms with Crippen LogP contribution >= 0.6 is 11.6 Å². The van der Waals surface area contributed by atoms with Gasteiger partial charge in [-0.2, -0.15) is 4.98 Å². The molecule has 0 spiro atoms. The van der Waals surface area contributed by atoms with Gasteiger partial charge < -0.3 is 4.57 Å². The number of hydrogen-bond donors (Lipinski definition) is 0. The van der Waals surface area contributed by atoms with Crippen molar-refractivity contribution in [1.82, 2.24) is 18.9 Å². The molecule has 0 N–H and O–H groups in total. The number of aromatic nitrogens is 4. The summed E-state index contributed by atoms with van der Waals surface area (Å²) in [5, 5.41) is 1.15. The van der Waals surface area contributed by atoms with Gasteiger partial charge in [0.25, 0.3) is 5.56 Å². The average Bonchev–Trinajstić information content (AvgIpc) is 2.84. The third-order valence-electron chi connectivity index (χ3n) is 3.53. The zero-order valence-electron chi connectivity index (χ0n) is 10.5. The van der Waals surface area contributed by atoms with Crippen molar-refractivity contribution in [2.24, 2.45) is 7.05 Å². The lowest BCUT2D eigenvalue weighted by Gasteiger charge is -2.07. The van der Waals surface area contributed by atoms with Gasteiger partial charge in [-0.3, -0.25) is 9.20 Å². The molecule has 0 atom stereocenters. The molecule has 1 aromatic carbocycles. The Hall–Kier alpha value is -2.40. The number of nitrogens with zero attached hydrogens (tertiary/aromatic N) is 4. The van der Waals surface area contributed by atoms with E-state index in [1.54, 1.807) is 17.8 Å². The van der Waals surface area contributed by atoms with E-state index in [0.29, 0.717) is 16.7 Å². The first kappa shape index (κ1) is 11.4. The topological polar surface area (TPSA) is 52.2 Å². The number of fused-ring (bicyclic) bond motifs is 5. The van der Waals surface area contributed by atoms with Gasteiger partial charge in [0.2, 0.25) is 5.28 Å². The highest BCUT2D eigenvalue weighted by molar-refractivity contribution is 6.28. The van der Waals surface area contributed by atoms with Crippen molar-refractivity contribution in [2.75, 3.05) is 0 Å². The molecule has 0 radical (unpaired) electrons. The van der Waals surface area contributed by atoms with E-state index in [1.807, 2.05) is 34.7 Å². The van der Waals surface area contributed by atoms with Crippen molar-refractivity contribution < 1.29 is 0 Å². The van der Waals surface area contributed by atoms with Crippen LogP contribution in [0.5, 0.6) is 0 Å². The van der Waals surface area contributed by atoms with Gasteiger partial charge in [-0.1, -0.05) is 18.2 Å². The van der Waals surface area contributed by atoms with Gasteiger partial charge in [0.05, 0.1) is 11.7 Å². The Bertz CT molecular complexity index is 1050. The first-order valence-electron chi connectivity index (χ1n) is 6.08. The SMILES string of the molecule is Cn1c(=O)c2cc3ccccc3n2c2nc(Cl)ncc21. The highest BCUT2D eigenvalue weighted by Gasteiger charge is 2.13. The lowest BCUT2D eigenvalue weighted by atomic mass is 10.2. The highest BCUT2D eigenvalue weighted by Crippen LogP contribution is 2.22. The molecule has 3 aromatic heterocycles. The predicted octanol–water partition coefficient (Wildman–Crippen LogP) is 2.39. The van der Waals surface area contributed by atoms with Gasteiger partial charge >= 0.3 is 0 Å². The van der Waals surface area contributed by atoms with Crippen molar-refractivity contribution in [3.05, 3.63) is 52.2 Å². The average molecular weight is 285 g/mol. The first-order chi connectivity index (χ1) is 9.66. The van der Waals surface area contributed by atoms with Crippen LogP contribution < -0.4 is 5.56 Å². The second-order valence-corrected chi connectivity index (χ2v) is 4.97. The fraction of sp³-hybridized carbons (Fsp3) is 0.0714. The summed E-state index contributed by atoms with van der Waals surface area (Å²) in [7, 11) is 1.71. The minimum absolute atomic E-state index is 0.0837. The van der Waals surface area contributed by atoms with Crippen molar-refractivity contribution in [3.63, 3.8) is 0 Å². The van der Waals surface area contributed by atoms with Gasteiger partial charge in [-0.05, 0) is 23.7 Å². The van der Waals surface area contributed by atoms with Gasteiger partial charge in [0.15, 0.2) is 5.65 Å². The number of rotatable bonds is 0. The van der Waals surface area contributed by atoms with Crippen LogP contribution in [0.3, 0.4) is 0 Å². The molecule has 0 unspecified atom stereocenters. The Balaban J connectivity index is 2.45. The molecule has 4 aromatic rings. The molecule has 3 heterocycles. The third kappa shape index (κ3) is 1.35. The normalized spacial score (nSPS) is 11.7. The predicted molar refractivity (Wildman–Crippen MR) is 78.3 cm³/mol. The minimum Gasteiger partial charge on any atom is -0.305 e. The van der Waals surface area contributed by atoms with E-state index >= 15 is 0 Å². The first-order valence-corrected chi connectivity index (χ1v) is 6.46. The van der Waals surface area contributed by atoms with Crippen LogP contribution in [0.25, 0.3) is 27.6 Å². The molecule has 0 amide bonds. The smallest absolute Gasteiger partial charge is 0.275 e. The highest BCUT2D eigenvalue weighted by atomic mass is 35.5. The summed E-state index contributed by atoms with van der Waals surface area (Å²) < 4.78 is 3.38. The minimum atomic E-state index is -0.0837. The number of para-hydroxylation sites is 1. The molecule has 0 saturated heterocycles. The third-order valence-corrected chi connectivity index (χ3v) is 3.71. The molecule has 0 saturated carbocycles. The quantitative estimate of drug-likeness (QED) is 0.466. The summed E-state index contributed by atoms with van der Waals surface area (Å²) in [6, 6.07) is 9.66. The van der Waals surface area contributed by atoms with Gasteiger partial charge in [-0.15, -0.1) is 0 Å². The van der Waals surface area contributed by atoms with E-state index < -0.39 is 0 Å². The number of hydrogen-bond acceptors (Lipinski definition) is 3. The van der Waals surface area contributed by atoms with Crippen LogP contribution in [0.1, 0.15) is 0 Å². The zero-order chi connectivity index (χ0) is 13.9. The van der Waals surface area contributed by atoms with E-state index in [4.69, 9.17) is 11.6 Å². The molecule has 0 fully saturated rings. The Morgan fingerprint density at radius 2 is 1.95 bits per heavy atom. The molecule has 0 aliphatic carbocycles. The maximum Gasteiger partial charge on any atom is 0.275 e. The molecule has 4 rings (SSSR count). The number of aryl methyl sites for hydroxylation is 1. The summed E-state index contributed by atoms with van der Waals surface area (Å²) in [6.07, 6.45) is 1.57. The van der Waals surface area contributed by atoms with Crippen LogP contribution in [0.2, 0.25) is 5.28 Å². The van der Waals surface area contributed by atoms with E-state index in [2.05, 4.69) is 9.97 Å². The fourth-order valence-corrected chi connectivity index (χ4v) is 2.70. The van der Waals surface area contributed by atoms with Crippen molar-refractivity contribution >= 4 is 39.2 Å². The summed E-state index contributed by atoms with van der Waals surface area (Å²) >= 11 is 5.91. The van der Waals surface area contributed by atoms with E-state index in [-0.39, 0.29) is 10.8 Å². The van der Waals surface area contributed by atoms with Gasteiger partial charge in [0.1, 0.15) is 11.0 Å². The Labute approximate surface area is 118 Å². The van der Waals surface area contributed by atoms with E-state index in [0.717, 1.165) is 10.9 Å². The lowest BCUT2D eigenvalue weighted by Crippen LogP contribution is -2.20. The molecular formula is C14H9ClN4O. The number of halogens is 1. The molecule has 0 aliphatic rings. The summed E-state index contributed by atoms with van der Waals surface area (Å²) in [4.78, 5) is 20.7. The lowest BCUT2D eigenvalue weighted by molar-refractivity contribution is 0.890. The monoisotopic (exact) mass is 284 g/mol. The van der Waals surface area contributed by atoms with Crippen molar-refractivity contribution in [3.8, 4) is 0 Å². The largest absolute Gasteiger partial charge is 0.305 e. The summed E-state index contributed by atoms with van der Waals surface area (Å²) in [5.41, 5.74) is 2.70. The Morgan fingerprint density at radius 3 is 2.80 bits per heavy atom. The van der Waals surface area contributed by atoms with Crippen LogP contribution in [0.15, 0.2) is 41.3 Å². The standard InChI is InChI=1S/C14H9ClN4O/c1-18-11-7-16-14(15)17-12(11)19-9-5-3-2-4-8(9)6-10(19)13(18)20/h2-7H,1H3. The Morgan fingerprint density at radius 1 is 1.15 bits per heavy atom. The molecule has 20 heavy (non-hydrogen) atoms. The fourth-order valence-electron chi connectivity index (χ4n) is 2.57. The van der Waals surface area contributed by atoms with E-state index in [1.165, 1.54) is 0 Å². The van der Waals surface area contributed by atoms with Gasteiger partial charge in [-0.25, -0.2) is 4.98 Å². The number of benzene rings is 1. The second-order valence-electron chi connectivity index (χ2n) is 4.64. The molecule has 6 heteroatoms. The molecule has 98 valence electrons.